The van der Waals surface area contributed by atoms with Crippen molar-refractivity contribution in [3.8, 4) is 5.75 Å². The van der Waals surface area contributed by atoms with Crippen LogP contribution in [-0.4, -0.2) is 38.8 Å². The van der Waals surface area contributed by atoms with Crippen LogP contribution < -0.4 is 10.5 Å². The molecule has 1 amide bonds. The molecule has 0 spiro atoms. The van der Waals surface area contributed by atoms with E-state index in [1.54, 1.807) is 6.92 Å². The van der Waals surface area contributed by atoms with Crippen molar-refractivity contribution < 1.29 is 22.3 Å². The maximum Gasteiger partial charge on any atom is 0.243 e. The number of primary amides is 1. The zero-order valence-corrected chi connectivity index (χ0v) is 13.5. The van der Waals surface area contributed by atoms with Gasteiger partial charge >= 0.3 is 0 Å². The molecule has 6 nitrogen and oxygen atoms in total. The van der Waals surface area contributed by atoms with Gasteiger partial charge in [-0.3, -0.25) is 4.79 Å². The van der Waals surface area contributed by atoms with Crippen LogP contribution in [0.2, 0.25) is 0 Å². The lowest BCUT2D eigenvalue weighted by molar-refractivity contribution is -0.122. The second kappa shape index (κ2) is 5.85. The van der Waals surface area contributed by atoms with Crippen molar-refractivity contribution in [1.29, 1.82) is 0 Å². The monoisotopic (exact) mass is 330 g/mol. The van der Waals surface area contributed by atoms with E-state index in [1.807, 2.05) is 0 Å². The highest BCUT2D eigenvalue weighted by atomic mass is 32.2. The molecule has 2 N–H and O–H groups in total. The lowest BCUT2D eigenvalue weighted by Gasteiger charge is -2.18. The molecule has 0 bridgehead atoms. The van der Waals surface area contributed by atoms with Crippen LogP contribution in [0.15, 0.2) is 17.0 Å². The Labute approximate surface area is 129 Å². The number of benzene rings is 1. The fourth-order valence-electron chi connectivity index (χ4n) is 2.71. The Morgan fingerprint density at radius 1 is 1.41 bits per heavy atom. The predicted octanol–water partition coefficient (Wildman–Crippen LogP) is 0.885. The Hall–Kier alpha value is -1.67. The third-order valence-electron chi connectivity index (χ3n) is 4.08. The summed E-state index contributed by atoms with van der Waals surface area (Å²) < 4.78 is 45.5. The van der Waals surface area contributed by atoms with Gasteiger partial charge in [0.25, 0.3) is 0 Å². The largest absolute Gasteiger partial charge is 0.494 e. The fourth-order valence-corrected chi connectivity index (χ4v) is 4.49. The van der Waals surface area contributed by atoms with Crippen LogP contribution in [0.3, 0.4) is 0 Å². The van der Waals surface area contributed by atoms with E-state index in [1.165, 1.54) is 30.5 Å². The van der Waals surface area contributed by atoms with Gasteiger partial charge in [0, 0.05) is 18.7 Å². The molecular weight excluding hydrogens is 311 g/mol. The Morgan fingerprint density at radius 3 is 2.55 bits per heavy atom. The van der Waals surface area contributed by atoms with Crippen molar-refractivity contribution in [3.05, 3.63) is 23.5 Å². The predicted molar refractivity (Wildman–Crippen MR) is 78.3 cm³/mol. The molecule has 122 valence electrons. The van der Waals surface area contributed by atoms with E-state index < -0.39 is 27.7 Å². The topological polar surface area (TPSA) is 89.7 Å². The lowest BCUT2D eigenvalue weighted by atomic mass is 9.98. The standard InChI is InChI=1S/C14H19FN2O4S/c1-8-6-17(7-10(8)14(16)18)22(19,20)12-5-4-11(21-3)13(15)9(12)2/h4-5,8,10H,6-7H2,1-3H3,(H2,16,18)/t8-,10-/m1/s1. The lowest BCUT2D eigenvalue weighted by Crippen LogP contribution is -2.32. The molecule has 0 unspecified atom stereocenters. The summed E-state index contributed by atoms with van der Waals surface area (Å²) in [5.41, 5.74) is 5.28. The average Bonchev–Trinajstić information content (AvgIpc) is 2.84. The normalized spacial score (nSPS) is 22.7. The van der Waals surface area contributed by atoms with Crippen molar-refractivity contribution in [2.45, 2.75) is 18.7 Å². The second-order valence-electron chi connectivity index (χ2n) is 5.51. The van der Waals surface area contributed by atoms with E-state index in [0.717, 1.165) is 0 Å². The Bertz CT molecular complexity index is 705. The van der Waals surface area contributed by atoms with E-state index in [4.69, 9.17) is 10.5 Å². The van der Waals surface area contributed by atoms with E-state index in [9.17, 15) is 17.6 Å². The van der Waals surface area contributed by atoms with Gasteiger partial charge in [-0.15, -0.1) is 0 Å². The number of nitrogens with zero attached hydrogens (tertiary/aromatic N) is 1. The highest BCUT2D eigenvalue weighted by Crippen LogP contribution is 2.32. The molecule has 1 aromatic rings. The number of carbonyl (C=O) groups is 1. The number of hydrogen-bond acceptors (Lipinski definition) is 4. The number of amides is 1. The summed E-state index contributed by atoms with van der Waals surface area (Å²) in [6.45, 7) is 3.36. The first-order valence-electron chi connectivity index (χ1n) is 6.82. The van der Waals surface area contributed by atoms with Crippen molar-refractivity contribution >= 4 is 15.9 Å². The van der Waals surface area contributed by atoms with Crippen LogP contribution >= 0.6 is 0 Å². The van der Waals surface area contributed by atoms with Crippen LogP contribution in [-0.2, 0) is 14.8 Å². The Balaban J connectivity index is 2.40. The maximum absolute atomic E-state index is 14.1. The highest BCUT2D eigenvalue weighted by molar-refractivity contribution is 7.89. The van der Waals surface area contributed by atoms with Gasteiger partial charge in [0.15, 0.2) is 11.6 Å². The zero-order chi connectivity index (χ0) is 16.7. The Morgan fingerprint density at radius 2 is 2.05 bits per heavy atom. The smallest absolute Gasteiger partial charge is 0.243 e. The maximum atomic E-state index is 14.1. The molecular formula is C14H19FN2O4S. The summed E-state index contributed by atoms with van der Waals surface area (Å²) in [6, 6.07) is 2.59. The number of ether oxygens (including phenoxy) is 1. The minimum Gasteiger partial charge on any atom is -0.494 e. The fraction of sp³-hybridized carbons (Fsp3) is 0.500. The van der Waals surface area contributed by atoms with Crippen LogP contribution in [0.4, 0.5) is 4.39 Å². The molecule has 1 saturated heterocycles. The molecule has 1 fully saturated rings. The second-order valence-corrected chi connectivity index (χ2v) is 7.42. The van der Waals surface area contributed by atoms with Gasteiger partial charge in [0.1, 0.15) is 0 Å². The summed E-state index contributed by atoms with van der Waals surface area (Å²) in [5, 5.41) is 0. The van der Waals surface area contributed by atoms with Crippen molar-refractivity contribution in [2.24, 2.45) is 17.6 Å². The Kier molecular flexibility index (Phi) is 4.44. The highest BCUT2D eigenvalue weighted by Gasteiger charge is 2.40. The first-order chi connectivity index (χ1) is 10.2. The third-order valence-corrected chi connectivity index (χ3v) is 6.06. The summed E-state index contributed by atoms with van der Waals surface area (Å²) in [5.74, 6) is -1.94. The van der Waals surface area contributed by atoms with Gasteiger partial charge in [-0.05, 0) is 25.0 Å². The van der Waals surface area contributed by atoms with Gasteiger partial charge in [-0.25, -0.2) is 12.8 Å². The van der Waals surface area contributed by atoms with Gasteiger partial charge < -0.3 is 10.5 Å². The average molecular weight is 330 g/mol. The number of carbonyl (C=O) groups excluding carboxylic acids is 1. The molecule has 1 heterocycles. The molecule has 0 aromatic heterocycles. The minimum atomic E-state index is -3.89. The summed E-state index contributed by atoms with van der Waals surface area (Å²) in [6.07, 6.45) is 0. The molecule has 1 aliphatic heterocycles. The van der Waals surface area contributed by atoms with Crippen LogP contribution in [0.5, 0.6) is 5.75 Å². The van der Waals surface area contributed by atoms with E-state index in [-0.39, 0.29) is 35.2 Å². The summed E-state index contributed by atoms with van der Waals surface area (Å²) in [7, 11) is -2.58. The number of hydrogen-bond donors (Lipinski definition) is 1. The molecule has 0 saturated carbocycles. The summed E-state index contributed by atoms with van der Waals surface area (Å²) >= 11 is 0. The minimum absolute atomic E-state index is 0.00507. The molecule has 1 aromatic carbocycles. The first-order valence-corrected chi connectivity index (χ1v) is 8.26. The molecule has 0 radical (unpaired) electrons. The number of sulfonamides is 1. The van der Waals surface area contributed by atoms with Crippen LogP contribution in [0.25, 0.3) is 0 Å². The first kappa shape index (κ1) is 16.7. The number of nitrogens with two attached hydrogens (primary N) is 1. The van der Waals surface area contributed by atoms with E-state index in [0.29, 0.717) is 0 Å². The molecule has 1 aliphatic rings. The quantitative estimate of drug-likeness (QED) is 0.887. The SMILES string of the molecule is COc1ccc(S(=O)(=O)N2C[C@@H](C)[C@H](C(N)=O)C2)c(C)c1F. The van der Waals surface area contributed by atoms with Gasteiger partial charge in [0.2, 0.25) is 15.9 Å². The number of halogens is 1. The van der Waals surface area contributed by atoms with Crippen molar-refractivity contribution in [2.75, 3.05) is 20.2 Å². The van der Waals surface area contributed by atoms with Gasteiger partial charge in [0.05, 0.1) is 17.9 Å². The third kappa shape index (κ3) is 2.68. The molecule has 2 atom stereocenters. The van der Waals surface area contributed by atoms with Gasteiger partial charge in [-0.1, -0.05) is 6.92 Å². The van der Waals surface area contributed by atoms with E-state index >= 15 is 0 Å². The number of methoxy groups -OCH3 is 1. The van der Waals surface area contributed by atoms with Gasteiger partial charge in [-0.2, -0.15) is 4.31 Å². The van der Waals surface area contributed by atoms with Crippen LogP contribution in [0.1, 0.15) is 12.5 Å². The molecule has 22 heavy (non-hydrogen) atoms. The zero-order valence-electron chi connectivity index (χ0n) is 12.7. The summed E-state index contributed by atoms with van der Waals surface area (Å²) in [4.78, 5) is 11.2. The van der Waals surface area contributed by atoms with Crippen LogP contribution in [0, 0.1) is 24.6 Å². The van der Waals surface area contributed by atoms with E-state index in [2.05, 4.69) is 0 Å². The number of rotatable bonds is 4. The molecule has 2 rings (SSSR count). The molecule has 8 heteroatoms. The van der Waals surface area contributed by atoms with Crippen molar-refractivity contribution in [3.63, 3.8) is 0 Å². The van der Waals surface area contributed by atoms with Crippen molar-refractivity contribution in [1.82, 2.24) is 4.31 Å². The molecule has 0 aliphatic carbocycles.